The highest BCUT2D eigenvalue weighted by atomic mass is 35.5. The Hall–Kier alpha value is -1.04. The number of nitrogens with zero attached hydrogens (tertiary/aromatic N) is 1. The van der Waals surface area contributed by atoms with Gasteiger partial charge in [-0.2, -0.15) is 11.8 Å². The number of benzene rings is 1. The number of hydrogen-bond acceptors (Lipinski definition) is 3. The first kappa shape index (κ1) is 15.8. The smallest absolute Gasteiger partial charge is 0.258 e. The lowest BCUT2D eigenvalue weighted by Crippen LogP contribution is -2.33. The van der Waals surface area contributed by atoms with E-state index in [1.165, 1.54) is 17.0 Å². The molecule has 1 aliphatic rings. The van der Waals surface area contributed by atoms with Crippen LogP contribution in [0.3, 0.4) is 0 Å². The van der Waals surface area contributed by atoms with Gasteiger partial charge >= 0.3 is 0 Å². The van der Waals surface area contributed by atoms with E-state index in [-0.39, 0.29) is 16.5 Å². The van der Waals surface area contributed by atoms with Gasteiger partial charge in [-0.05, 0) is 30.0 Å². The molecule has 0 unspecified atom stereocenters. The lowest BCUT2D eigenvalue weighted by atomic mass is 10.1. The van der Waals surface area contributed by atoms with Crippen LogP contribution in [-0.4, -0.2) is 29.6 Å². The standard InChI is InChI=1S/C16H15ClFNOS2/c17-11-3-1-4-12(18)15(11)16(20)19-7-6-14(22-10-8-19)13-5-2-9-21-13/h1-5,9,14H,6-8,10H2/t14-/m0/s1. The van der Waals surface area contributed by atoms with Crippen molar-refractivity contribution in [1.82, 2.24) is 4.90 Å². The summed E-state index contributed by atoms with van der Waals surface area (Å²) in [5.41, 5.74) is -0.0104. The van der Waals surface area contributed by atoms with Gasteiger partial charge in [0.25, 0.3) is 5.91 Å². The molecule has 0 N–H and O–H groups in total. The van der Waals surface area contributed by atoms with Crippen LogP contribution < -0.4 is 0 Å². The number of halogens is 2. The van der Waals surface area contributed by atoms with Crippen molar-refractivity contribution in [2.75, 3.05) is 18.8 Å². The maximum atomic E-state index is 13.9. The van der Waals surface area contributed by atoms with Crippen molar-refractivity contribution in [3.63, 3.8) is 0 Å². The van der Waals surface area contributed by atoms with Crippen LogP contribution in [0.2, 0.25) is 5.02 Å². The molecule has 0 bridgehead atoms. The molecule has 0 saturated carbocycles. The van der Waals surface area contributed by atoms with Gasteiger partial charge in [-0.3, -0.25) is 4.79 Å². The van der Waals surface area contributed by atoms with Crippen molar-refractivity contribution < 1.29 is 9.18 Å². The molecule has 0 aliphatic carbocycles. The highest BCUT2D eigenvalue weighted by Gasteiger charge is 2.26. The molecule has 2 aromatic rings. The zero-order chi connectivity index (χ0) is 15.5. The number of amides is 1. The molecule has 1 amide bonds. The molecule has 1 aromatic heterocycles. The summed E-state index contributed by atoms with van der Waals surface area (Å²) in [6.45, 7) is 1.25. The van der Waals surface area contributed by atoms with E-state index in [1.807, 2.05) is 17.8 Å². The van der Waals surface area contributed by atoms with Crippen molar-refractivity contribution in [3.8, 4) is 0 Å². The van der Waals surface area contributed by atoms with E-state index in [1.54, 1.807) is 22.3 Å². The number of hydrogen-bond donors (Lipinski definition) is 0. The van der Waals surface area contributed by atoms with Crippen molar-refractivity contribution in [2.45, 2.75) is 11.7 Å². The molecule has 1 fully saturated rings. The Balaban J connectivity index is 1.74. The van der Waals surface area contributed by atoms with Gasteiger partial charge in [0.2, 0.25) is 0 Å². The first-order chi connectivity index (χ1) is 10.7. The van der Waals surface area contributed by atoms with Crippen molar-refractivity contribution in [1.29, 1.82) is 0 Å². The molecule has 22 heavy (non-hydrogen) atoms. The van der Waals surface area contributed by atoms with Gasteiger partial charge in [-0.15, -0.1) is 11.3 Å². The maximum Gasteiger partial charge on any atom is 0.258 e. The minimum absolute atomic E-state index is 0.0104. The minimum Gasteiger partial charge on any atom is -0.338 e. The van der Waals surface area contributed by atoms with Gasteiger partial charge < -0.3 is 4.90 Å². The van der Waals surface area contributed by atoms with Gasteiger partial charge in [-0.1, -0.05) is 23.7 Å². The van der Waals surface area contributed by atoms with Gasteiger partial charge in [0.1, 0.15) is 5.82 Å². The lowest BCUT2D eigenvalue weighted by molar-refractivity contribution is 0.0762. The number of thiophene rings is 1. The Kier molecular flexibility index (Phi) is 5.06. The summed E-state index contributed by atoms with van der Waals surface area (Å²) in [7, 11) is 0. The Labute approximate surface area is 142 Å². The fourth-order valence-electron chi connectivity index (χ4n) is 2.54. The summed E-state index contributed by atoms with van der Waals surface area (Å²) in [4.78, 5) is 15.6. The van der Waals surface area contributed by atoms with E-state index >= 15 is 0 Å². The molecule has 6 heteroatoms. The molecule has 1 saturated heterocycles. The maximum absolute atomic E-state index is 13.9. The van der Waals surface area contributed by atoms with Gasteiger partial charge in [0.05, 0.1) is 10.6 Å². The zero-order valence-corrected chi connectivity index (χ0v) is 14.2. The Bertz CT molecular complexity index is 642. The summed E-state index contributed by atoms with van der Waals surface area (Å²) in [6.07, 6.45) is 0.878. The fraction of sp³-hybridized carbons (Fsp3) is 0.312. The van der Waals surface area contributed by atoms with Gasteiger partial charge in [-0.25, -0.2) is 4.39 Å². The van der Waals surface area contributed by atoms with Crippen LogP contribution in [0.25, 0.3) is 0 Å². The lowest BCUT2D eigenvalue weighted by Gasteiger charge is -2.21. The van der Waals surface area contributed by atoms with Crippen molar-refractivity contribution in [2.24, 2.45) is 0 Å². The SMILES string of the molecule is O=C(c1c(F)cccc1Cl)N1CCS[C@H](c2cccs2)CC1. The molecule has 0 radical (unpaired) electrons. The number of thioether (sulfide) groups is 1. The molecule has 0 spiro atoms. The van der Waals surface area contributed by atoms with Crippen LogP contribution in [0, 0.1) is 5.82 Å². The van der Waals surface area contributed by atoms with E-state index in [2.05, 4.69) is 11.4 Å². The molecular formula is C16H15ClFNOS2. The highest BCUT2D eigenvalue weighted by Crippen LogP contribution is 2.37. The third kappa shape index (κ3) is 3.31. The minimum atomic E-state index is -0.552. The summed E-state index contributed by atoms with van der Waals surface area (Å²) >= 11 is 9.60. The summed E-state index contributed by atoms with van der Waals surface area (Å²) in [5, 5.41) is 2.66. The molecule has 2 heterocycles. The van der Waals surface area contributed by atoms with Crippen molar-refractivity contribution >= 4 is 40.6 Å². The van der Waals surface area contributed by atoms with E-state index in [4.69, 9.17) is 11.6 Å². The van der Waals surface area contributed by atoms with Crippen LogP contribution in [0.5, 0.6) is 0 Å². The van der Waals surface area contributed by atoms with Gasteiger partial charge in [0.15, 0.2) is 0 Å². The molecule has 116 valence electrons. The third-order valence-electron chi connectivity index (χ3n) is 3.67. The third-order valence-corrected chi connectivity index (χ3v) is 6.43. The van der Waals surface area contributed by atoms with E-state index in [9.17, 15) is 9.18 Å². The monoisotopic (exact) mass is 355 g/mol. The molecular weight excluding hydrogens is 341 g/mol. The second-order valence-corrected chi connectivity index (χ2v) is 7.75. The Morgan fingerprint density at radius 3 is 2.86 bits per heavy atom. The van der Waals surface area contributed by atoms with E-state index in [0.29, 0.717) is 18.3 Å². The topological polar surface area (TPSA) is 20.3 Å². The summed E-state index contributed by atoms with van der Waals surface area (Å²) in [5.74, 6) is -0.0138. The van der Waals surface area contributed by atoms with Crippen LogP contribution >= 0.6 is 34.7 Å². The van der Waals surface area contributed by atoms with E-state index in [0.717, 1.165) is 12.2 Å². The second-order valence-electron chi connectivity index (χ2n) is 5.05. The normalized spacial score (nSPS) is 19.0. The Morgan fingerprint density at radius 2 is 2.14 bits per heavy atom. The van der Waals surface area contributed by atoms with Crippen LogP contribution in [0.1, 0.15) is 26.9 Å². The number of carbonyl (C=O) groups is 1. The highest BCUT2D eigenvalue weighted by molar-refractivity contribution is 7.99. The summed E-state index contributed by atoms with van der Waals surface area (Å²) in [6, 6.07) is 8.53. The molecule has 3 rings (SSSR count). The zero-order valence-electron chi connectivity index (χ0n) is 11.8. The largest absolute Gasteiger partial charge is 0.338 e. The van der Waals surface area contributed by atoms with Crippen LogP contribution in [0.15, 0.2) is 35.7 Å². The fourth-order valence-corrected chi connectivity index (χ4v) is 5.02. The molecule has 1 aliphatic heterocycles. The summed E-state index contributed by atoms with van der Waals surface area (Å²) < 4.78 is 13.9. The predicted molar refractivity (Wildman–Crippen MR) is 91.4 cm³/mol. The number of carbonyl (C=O) groups excluding carboxylic acids is 1. The first-order valence-corrected chi connectivity index (χ1v) is 9.36. The van der Waals surface area contributed by atoms with Crippen molar-refractivity contribution in [3.05, 3.63) is 57.0 Å². The second kappa shape index (κ2) is 7.02. The van der Waals surface area contributed by atoms with Gasteiger partial charge in [0, 0.05) is 29.0 Å². The average molecular weight is 356 g/mol. The quantitative estimate of drug-likeness (QED) is 0.766. The molecule has 1 aromatic carbocycles. The Morgan fingerprint density at radius 1 is 1.27 bits per heavy atom. The molecule has 1 atom stereocenters. The van der Waals surface area contributed by atoms with Crippen LogP contribution in [-0.2, 0) is 0 Å². The first-order valence-electron chi connectivity index (χ1n) is 7.05. The van der Waals surface area contributed by atoms with E-state index < -0.39 is 5.82 Å². The molecule has 2 nitrogen and oxygen atoms in total. The average Bonchev–Trinajstić information content (AvgIpc) is 2.91. The van der Waals surface area contributed by atoms with Crippen LogP contribution in [0.4, 0.5) is 4.39 Å². The number of rotatable bonds is 2. The predicted octanol–water partition coefficient (Wildman–Crippen LogP) is 4.86.